The van der Waals surface area contributed by atoms with Crippen LogP contribution in [0, 0.1) is 20.8 Å². The number of imide groups is 1. The van der Waals surface area contributed by atoms with Crippen molar-refractivity contribution in [2.24, 2.45) is 0 Å². The van der Waals surface area contributed by atoms with Crippen LogP contribution >= 0.6 is 11.6 Å². The van der Waals surface area contributed by atoms with Crippen molar-refractivity contribution in [1.82, 2.24) is 14.7 Å². The van der Waals surface area contributed by atoms with Crippen molar-refractivity contribution in [2.45, 2.75) is 20.8 Å². The molecule has 1 aromatic carbocycles. The van der Waals surface area contributed by atoms with Gasteiger partial charge in [0.15, 0.2) is 12.4 Å². The standard InChI is InChI=1S/C24H23ClN4O4/c1-14-10-15(2)13-27(12-14)21-20(22(30)28(24(21)32)8-9-33-4)19-16(3)26-29(23(19)31)18-7-5-6-17(25)11-18/h5-7,10-13H,8-9H2,1-4H3/p+1. The number of nitrogens with zero attached hydrogens (tertiary/aromatic N) is 3. The summed E-state index contributed by atoms with van der Waals surface area (Å²) in [6.07, 6.45) is 3.54. The van der Waals surface area contributed by atoms with Crippen LogP contribution in [0.4, 0.5) is 0 Å². The van der Waals surface area contributed by atoms with Crippen molar-refractivity contribution >= 4 is 34.7 Å². The van der Waals surface area contributed by atoms with Crippen molar-refractivity contribution in [3.63, 3.8) is 0 Å². The van der Waals surface area contributed by atoms with Gasteiger partial charge in [-0.15, -0.1) is 0 Å². The van der Waals surface area contributed by atoms with E-state index in [1.54, 1.807) is 48.1 Å². The fourth-order valence-electron chi connectivity index (χ4n) is 4.09. The summed E-state index contributed by atoms with van der Waals surface area (Å²) in [5, 5.41) is 3.49. The van der Waals surface area contributed by atoms with Crippen LogP contribution in [0.3, 0.4) is 0 Å². The average Bonchev–Trinajstić information content (AvgIpc) is 3.17. The molecule has 9 heteroatoms. The van der Waals surface area contributed by atoms with Gasteiger partial charge in [-0.1, -0.05) is 17.7 Å². The highest BCUT2D eigenvalue weighted by molar-refractivity contribution is 6.44. The minimum atomic E-state index is -0.531. The zero-order chi connectivity index (χ0) is 23.9. The van der Waals surface area contributed by atoms with Crippen molar-refractivity contribution in [2.75, 3.05) is 20.3 Å². The summed E-state index contributed by atoms with van der Waals surface area (Å²) in [6.45, 7) is 5.78. The van der Waals surface area contributed by atoms with E-state index in [1.165, 1.54) is 11.8 Å². The van der Waals surface area contributed by atoms with Gasteiger partial charge in [-0.2, -0.15) is 4.57 Å². The summed E-state index contributed by atoms with van der Waals surface area (Å²) >= 11 is 6.10. The van der Waals surface area contributed by atoms with Crippen LogP contribution in [0.25, 0.3) is 17.0 Å². The Balaban J connectivity index is 1.97. The molecule has 8 nitrogen and oxygen atoms in total. The molecule has 0 bridgehead atoms. The van der Waals surface area contributed by atoms with Crippen molar-refractivity contribution in [3.05, 3.63) is 80.5 Å². The van der Waals surface area contributed by atoms with E-state index >= 15 is 0 Å². The first-order valence-corrected chi connectivity index (χ1v) is 10.8. The summed E-state index contributed by atoms with van der Waals surface area (Å²) in [6, 6.07) is 8.77. The number of rotatable bonds is 6. The van der Waals surface area contributed by atoms with Gasteiger partial charge in [0.25, 0.3) is 17.2 Å². The molecule has 0 fully saturated rings. The maximum absolute atomic E-state index is 13.5. The number of aromatic nitrogens is 3. The molecule has 3 aromatic rings. The highest BCUT2D eigenvalue weighted by atomic mass is 35.5. The normalized spacial score (nSPS) is 14.0. The minimum absolute atomic E-state index is 0.0608. The molecule has 0 spiro atoms. The first kappa shape index (κ1) is 22.7. The topological polar surface area (TPSA) is 88.3 Å². The number of carbonyl (C=O) groups is 2. The summed E-state index contributed by atoms with van der Waals surface area (Å²) < 4.78 is 8.04. The molecule has 33 heavy (non-hydrogen) atoms. The number of carbonyl (C=O) groups excluding carboxylic acids is 2. The average molecular weight is 468 g/mol. The number of methoxy groups -OCH3 is 1. The number of pyridine rings is 1. The molecule has 3 heterocycles. The number of H-pyrrole nitrogens is 1. The number of benzene rings is 1. The van der Waals surface area contributed by atoms with E-state index in [1.807, 2.05) is 19.9 Å². The highest BCUT2D eigenvalue weighted by Gasteiger charge is 2.47. The molecule has 2 amide bonds. The minimum Gasteiger partial charge on any atom is -0.383 e. The van der Waals surface area contributed by atoms with Crippen LogP contribution in [0.2, 0.25) is 5.02 Å². The Kier molecular flexibility index (Phi) is 6.05. The number of ether oxygens (including phenoxy) is 1. The zero-order valence-corrected chi connectivity index (χ0v) is 19.6. The van der Waals surface area contributed by atoms with E-state index in [2.05, 4.69) is 5.10 Å². The number of nitrogens with one attached hydrogen (secondary N) is 1. The molecule has 4 rings (SSSR count). The van der Waals surface area contributed by atoms with Crippen LogP contribution < -0.4 is 10.1 Å². The van der Waals surface area contributed by atoms with Crippen molar-refractivity contribution in [3.8, 4) is 5.69 Å². The second kappa shape index (κ2) is 8.80. The highest BCUT2D eigenvalue weighted by Crippen LogP contribution is 2.30. The Hall–Kier alpha value is -3.49. The van der Waals surface area contributed by atoms with E-state index < -0.39 is 17.4 Å². The lowest BCUT2D eigenvalue weighted by molar-refractivity contribution is -0.577. The van der Waals surface area contributed by atoms with Crippen LogP contribution in [0.1, 0.15) is 22.4 Å². The summed E-state index contributed by atoms with van der Waals surface area (Å²) in [5.74, 6) is -1.01. The Morgan fingerprint density at radius 3 is 2.36 bits per heavy atom. The number of aromatic amines is 1. The Morgan fingerprint density at radius 1 is 1.03 bits per heavy atom. The molecular weight excluding hydrogens is 444 g/mol. The lowest BCUT2D eigenvalue weighted by Gasteiger charge is -2.12. The fourth-order valence-corrected chi connectivity index (χ4v) is 4.28. The summed E-state index contributed by atoms with van der Waals surface area (Å²) in [5.41, 5.74) is 2.73. The number of hydrogen-bond donors (Lipinski definition) is 1. The predicted molar refractivity (Wildman–Crippen MR) is 124 cm³/mol. The third kappa shape index (κ3) is 4.03. The van der Waals surface area contributed by atoms with E-state index in [0.717, 1.165) is 16.0 Å². The monoisotopic (exact) mass is 467 g/mol. The second-order valence-corrected chi connectivity index (χ2v) is 8.44. The number of amides is 2. The van der Waals surface area contributed by atoms with E-state index in [9.17, 15) is 14.4 Å². The molecule has 0 unspecified atom stereocenters. The van der Waals surface area contributed by atoms with Gasteiger partial charge in [0.2, 0.25) is 0 Å². The van der Waals surface area contributed by atoms with Gasteiger partial charge in [0.05, 0.1) is 24.4 Å². The summed E-state index contributed by atoms with van der Waals surface area (Å²) in [4.78, 5) is 41.5. The molecule has 1 aliphatic heterocycles. The number of hydrogen-bond acceptors (Lipinski definition) is 4. The van der Waals surface area contributed by atoms with E-state index in [4.69, 9.17) is 16.3 Å². The number of halogens is 1. The smallest absolute Gasteiger partial charge is 0.326 e. The molecule has 0 saturated heterocycles. The molecule has 170 valence electrons. The van der Waals surface area contributed by atoms with Crippen molar-refractivity contribution in [1.29, 1.82) is 0 Å². The van der Waals surface area contributed by atoms with Crippen LogP contribution in [-0.4, -0.2) is 46.8 Å². The lowest BCUT2D eigenvalue weighted by Crippen LogP contribution is -2.41. The SMILES string of the molecule is COCCN1C(=O)C(c2c(C)[nH]n(-c3cccc(Cl)c3)c2=O)=C([n+]2cc(C)cc(C)c2)C1=O. The number of aryl methyl sites for hydroxylation is 3. The maximum Gasteiger partial charge on any atom is 0.326 e. The Morgan fingerprint density at radius 2 is 1.73 bits per heavy atom. The van der Waals surface area contributed by atoms with Crippen molar-refractivity contribution < 1.29 is 18.9 Å². The van der Waals surface area contributed by atoms with Gasteiger partial charge in [-0.3, -0.25) is 24.4 Å². The molecule has 1 N–H and O–H groups in total. The van der Waals surface area contributed by atoms with Crippen LogP contribution in [-0.2, 0) is 14.3 Å². The van der Waals surface area contributed by atoms with Gasteiger partial charge in [-0.05, 0) is 45.0 Å². The summed E-state index contributed by atoms with van der Waals surface area (Å²) in [7, 11) is 1.50. The van der Waals surface area contributed by atoms with Crippen LogP contribution in [0.5, 0.6) is 0 Å². The third-order valence-corrected chi connectivity index (χ3v) is 5.68. The largest absolute Gasteiger partial charge is 0.383 e. The maximum atomic E-state index is 13.5. The Labute approximate surface area is 195 Å². The second-order valence-electron chi connectivity index (χ2n) is 8.01. The molecule has 0 saturated carbocycles. The van der Waals surface area contributed by atoms with Gasteiger partial charge in [0.1, 0.15) is 5.57 Å². The molecule has 0 aliphatic carbocycles. The fraction of sp³-hybridized carbons (Fsp3) is 0.250. The van der Waals surface area contributed by atoms with Crippen LogP contribution in [0.15, 0.2) is 47.5 Å². The predicted octanol–water partition coefficient (Wildman–Crippen LogP) is 2.42. The molecule has 2 aromatic heterocycles. The van der Waals surface area contributed by atoms with E-state index in [0.29, 0.717) is 16.4 Å². The van der Waals surface area contributed by atoms with Gasteiger partial charge in [-0.25, -0.2) is 4.68 Å². The zero-order valence-electron chi connectivity index (χ0n) is 18.8. The molecule has 0 atom stereocenters. The first-order valence-electron chi connectivity index (χ1n) is 10.4. The molecular formula is C24H24ClN4O4+. The van der Waals surface area contributed by atoms with Gasteiger partial charge in [0, 0.05) is 29.0 Å². The molecule has 1 aliphatic rings. The lowest BCUT2D eigenvalue weighted by atomic mass is 10.1. The quantitative estimate of drug-likeness (QED) is 0.445. The van der Waals surface area contributed by atoms with Gasteiger partial charge >= 0.3 is 5.91 Å². The first-order chi connectivity index (χ1) is 15.7. The van der Waals surface area contributed by atoms with Gasteiger partial charge < -0.3 is 4.74 Å². The molecule has 0 radical (unpaired) electrons. The third-order valence-electron chi connectivity index (χ3n) is 5.45. The van der Waals surface area contributed by atoms with E-state index in [-0.39, 0.29) is 30.0 Å². The Bertz CT molecular complexity index is 1350.